The molecule has 0 aromatic carbocycles. The Hall–Kier alpha value is -1.47. The lowest BCUT2D eigenvalue weighted by Gasteiger charge is -2.21. The number of nitrogens with two attached hydrogens (primary N) is 1. The van der Waals surface area contributed by atoms with Crippen LogP contribution in [0.2, 0.25) is 0 Å². The minimum absolute atomic E-state index is 0.196. The summed E-state index contributed by atoms with van der Waals surface area (Å²) in [4.78, 5) is 15.3. The molecule has 1 saturated heterocycles. The van der Waals surface area contributed by atoms with Gasteiger partial charge < -0.3 is 5.73 Å². The van der Waals surface area contributed by atoms with Gasteiger partial charge in [-0.25, -0.2) is 8.42 Å². The fraction of sp³-hybridized carbons (Fsp3) is 0.538. The summed E-state index contributed by atoms with van der Waals surface area (Å²) < 4.78 is 25.0. The average Bonchev–Trinajstić information content (AvgIpc) is 2.86. The van der Waals surface area contributed by atoms with E-state index in [1.165, 1.54) is 10.6 Å². The molecule has 0 radical (unpaired) electrons. The van der Waals surface area contributed by atoms with Crippen molar-refractivity contribution in [1.82, 2.24) is 9.29 Å². The molecule has 1 aliphatic rings. The van der Waals surface area contributed by atoms with Crippen LogP contribution in [0.1, 0.15) is 36.7 Å². The number of carbonyl (C=O) groups excluding carboxylic acids is 1. The summed E-state index contributed by atoms with van der Waals surface area (Å²) in [5, 5.41) is 0. The Morgan fingerprint density at radius 2 is 2.25 bits per heavy atom. The van der Waals surface area contributed by atoms with E-state index in [1.807, 2.05) is 18.2 Å². The zero-order valence-corrected chi connectivity index (χ0v) is 12.3. The predicted molar refractivity (Wildman–Crippen MR) is 75.3 cm³/mol. The Balaban J connectivity index is 2.20. The number of aromatic nitrogens is 1. The van der Waals surface area contributed by atoms with E-state index in [0.717, 1.165) is 24.2 Å². The molecule has 2 N–H and O–H groups in total. The zero-order valence-electron chi connectivity index (χ0n) is 11.4. The number of carbonyl (C=O) groups is 1. The van der Waals surface area contributed by atoms with E-state index in [1.54, 1.807) is 0 Å². The Morgan fingerprint density at radius 1 is 1.50 bits per heavy atom. The molecule has 1 aromatic heterocycles. The molecule has 7 heteroatoms. The second kappa shape index (κ2) is 5.88. The second-order valence-electron chi connectivity index (χ2n) is 5.05. The highest BCUT2D eigenvalue weighted by atomic mass is 32.2. The van der Waals surface area contributed by atoms with Gasteiger partial charge >= 0.3 is 0 Å². The predicted octanol–water partition coefficient (Wildman–Crippen LogP) is 0.596. The molecule has 2 heterocycles. The minimum Gasteiger partial charge on any atom is -0.370 e. The fourth-order valence-electron chi connectivity index (χ4n) is 2.51. The van der Waals surface area contributed by atoms with Gasteiger partial charge in [0.1, 0.15) is 0 Å². The second-order valence-corrected chi connectivity index (χ2v) is 6.99. The molecule has 1 unspecified atom stereocenters. The van der Waals surface area contributed by atoms with E-state index in [0.29, 0.717) is 13.0 Å². The molecule has 0 spiro atoms. The van der Waals surface area contributed by atoms with E-state index in [4.69, 9.17) is 5.73 Å². The lowest BCUT2D eigenvalue weighted by atomic mass is 10.1. The van der Waals surface area contributed by atoms with Gasteiger partial charge in [-0.15, -0.1) is 0 Å². The topological polar surface area (TPSA) is 93.4 Å². The average molecular weight is 297 g/mol. The number of primary amides is 1. The normalized spacial score (nSPS) is 20.1. The van der Waals surface area contributed by atoms with Crippen LogP contribution in [0.25, 0.3) is 0 Å². The van der Waals surface area contributed by atoms with Crippen LogP contribution in [0.5, 0.6) is 0 Å². The number of hydrogen-bond donors (Lipinski definition) is 1. The fourth-order valence-corrected chi connectivity index (χ4v) is 3.64. The third-order valence-corrected chi connectivity index (χ3v) is 4.72. The first kappa shape index (κ1) is 14.9. The maximum Gasteiger partial charge on any atom is 0.217 e. The van der Waals surface area contributed by atoms with Gasteiger partial charge in [0.2, 0.25) is 15.9 Å². The molecule has 1 fully saturated rings. The van der Waals surface area contributed by atoms with E-state index in [-0.39, 0.29) is 18.4 Å². The van der Waals surface area contributed by atoms with Gasteiger partial charge in [-0.1, -0.05) is 6.07 Å². The summed E-state index contributed by atoms with van der Waals surface area (Å²) in [5.41, 5.74) is 6.64. The number of hydrogen-bond acceptors (Lipinski definition) is 4. The number of rotatable bonds is 5. The molecule has 110 valence electrons. The van der Waals surface area contributed by atoms with Gasteiger partial charge in [-0.3, -0.25) is 9.78 Å². The largest absolute Gasteiger partial charge is 0.370 e. The number of sulfonamides is 1. The summed E-state index contributed by atoms with van der Waals surface area (Å²) >= 11 is 0. The number of pyridine rings is 1. The smallest absolute Gasteiger partial charge is 0.217 e. The minimum atomic E-state index is -3.22. The Morgan fingerprint density at radius 3 is 2.90 bits per heavy atom. The van der Waals surface area contributed by atoms with Gasteiger partial charge in [0, 0.05) is 18.7 Å². The summed E-state index contributed by atoms with van der Waals surface area (Å²) in [6.07, 6.45) is 3.57. The van der Waals surface area contributed by atoms with Crippen molar-refractivity contribution < 1.29 is 13.2 Å². The molecule has 0 aliphatic carbocycles. The van der Waals surface area contributed by atoms with E-state index in [2.05, 4.69) is 4.98 Å². The van der Waals surface area contributed by atoms with Crippen molar-refractivity contribution in [1.29, 1.82) is 0 Å². The first-order chi connectivity index (χ1) is 9.38. The number of amides is 1. The van der Waals surface area contributed by atoms with E-state index < -0.39 is 10.0 Å². The summed E-state index contributed by atoms with van der Waals surface area (Å²) in [7, 11) is -3.22. The molecule has 20 heavy (non-hydrogen) atoms. The van der Waals surface area contributed by atoms with Crippen molar-refractivity contribution in [3.8, 4) is 0 Å². The Labute approximate surface area is 119 Å². The maximum absolute atomic E-state index is 11.8. The van der Waals surface area contributed by atoms with Crippen molar-refractivity contribution in [2.45, 2.75) is 31.7 Å². The molecule has 0 saturated carbocycles. The molecule has 6 nitrogen and oxygen atoms in total. The van der Waals surface area contributed by atoms with Crippen LogP contribution >= 0.6 is 0 Å². The lowest BCUT2D eigenvalue weighted by Crippen LogP contribution is -2.30. The highest BCUT2D eigenvalue weighted by Crippen LogP contribution is 2.32. The first-order valence-corrected chi connectivity index (χ1v) is 8.43. The molecule has 0 bridgehead atoms. The SMILES string of the molecule is CS(=O)(=O)N1CCCC1c1cccc(CCC(N)=O)n1. The molecular weight excluding hydrogens is 278 g/mol. The first-order valence-electron chi connectivity index (χ1n) is 6.59. The maximum atomic E-state index is 11.8. The Kier molecular flexibility index (Phi) is 4.39. The molecule has 1 aliphatic heterocycles. The van der Waals surface area contributed by atoms with Crippen molar-refractivity contribution >= 4 is 15.9 Å². The van der Waals surface area contributed by atoms with Crippen LogP contribution in [-0.2, 0) is 21.2 Å². The van der Waals surface area contributed by atoms with Crippen LogP contribution in [0.4, 0.5) is 0 Å². The molecular formula is C13H19N3O3S. The highest BCUT2D eigenvalue weighted by molar-refractivity contribution is 7.88. The zero-order chi connectivity index (χ0) is 14.8. The van der Waals surface area contributed by atoms with Crippen molar-refractivity contribution in [2.24, 2.45) is 5.73 Å². The third kappa shape index (κ3) is 3.55. The molecule has 1 amide bonds. The van der Waals surface area contributed by atoms with E-state index in [9.17, 15) is 13.2 Å². The standard InChI is InChI=1S/C13H19N3O3S/c1-20(18,19)16-9-3-6-12(16)11-5-2-4-10(15-11)7-8-13(14)17/h2,4-5,12H,3,6-9H2,1H3,(H2,14,17). The lowest BCUT2D eigenvalue weighted by molar-refractivity contribution is -0.118. The molecule has 1 aromatic rings. The molecule has 1 atom stereocenters. The van der Waals surface area contributed by atoms with Crippen LogP contribution in [0.3, 0.4) is 0 Å². The third-order valence-electron chi connectivity index (χ3n) is 3.43. The van der Waals surface area contributed by atoms with Crippen LogP contribution in [0.15, 0.2) is 18.2 Å². The van der Waals surface area contributed by atoms with Crippen LogP contribution in [-0.4, -0.2) is 36.4 Å². The molecule has 2 rings (SSSR count). The number of aryl methyl sites for hydroxylation is 1. The van der Waals surface area contributed by atoms with Crippen molar-refractivity contribution in [3.63, 3.8) is 0 Å². The van der Waals surface area contributed by atoms with Gasteiger partial charge in [0.05, 0.1) is 18.0 Å². The van der Waals surface area contributed by atoms with E-state index >= 15 is 0 Å². The van der Waals surface area contributed by atoms with Crippen LogP contribution < -0.4 is 5.73 Å². The van der Waals surface area contributed by atoms with Gasteiger partial charge in [-0.2, -0.15) is 4.31 Å². The van der Waals surface area contributed by atoms with Gasteiger partial charge in [0.25, 0.3) is 0 Å². The van der Waals surface area contributed by atoms with Crippen molar-refractivity contribution in [2.75, 3.05) is 12.8 Å². The van der Waals surface area contributed by atoms with Gasteiger partial charge in [0.15, 0.2) is 0 Å². The summed E-state index contributed by atoms with van der Waals surface area (Å²) in [6.45, 7) is 0.538. The highest BCUT2D eigenvalue weighted by Gasteiger charge is 2.33. The van der Waals surface area contributed by atoms with Crippen molar-refractivity contribution in [3.05, 3.63) is 29.6 Å². The Bertz CT molecular complexity index is 601. The monoisotopic (exact) mass is 297 g/mol. The summed E-state index contributed by atoms with van der Waals surface area (Å²) in [5.74, 6) is -0.365. The van der Waals surface area contributed by atoms with Crippen LogP contribution in [0, 0.1) is 0 Å². The van der Waals surface area contributed by atoms with Gasteiger partial charge in [-0.05, 0) is 31.4 Å². The number of nitrogens with zero attached hydrogens (tertiary/aromatic N) is 2. The quantitative estimate of drug-likeness (QED) is 0.861. The summed E-state index contributed by atoms with van der Waals surface area (Å²) in [6, 6.07) is 5.31.